The summed E-state index contributed by atoms with van der Waals surface area (Å²) in [5.74, 6) is -1.97. The minimum Gasteiger partial charge on any atom is -0.350 e. The lowest BCUT2D eigenvalue weighted by Gasteiger charge is -2.36. The molecule has 4 aromatic rings. The summed E-state index contributed by atoms with van der Waals surface area (Å²) in [6.45, 7) is 0.157. The highest BCUT2D eigenvalue weighted by Gasteiger charge is 2.39. The maximum atomic E-state index is 13.7. The zero-order valence-corrected chi connectivity index (χ0v) is 23.6. The Kier molecular flexibility index (Phi) is 10.1. The topological polar surface area (TPSA) is 62.3 Å². The molecule has 44 heavy (non-hydrogen) atoms. The van der Waals surface area contributed by atoms with E-state index in [-0.39, 0.29) is 31.4 Å². The second kappa shape index (κ2) is 13.7. The molecule has 3 aromatic carbocycles. The number of hydrogen-bond acceptors (Lipinski definition) is 3. The Morgan fingerprint density at radius 1 is 0.773 bits per heavy atom. The first-order chi connectivity index (χ1) is 20.8. The van der Waals surface area contributed by atoms with Gasteiger partial charge in [-0.1, -0.05) is 66.7 Å². The van der Waals surface area contributed by atoms with E-state index in [1.807, 2.05) is 24.3 Å². The zero-order valence-electron chi connectivity index (χ0n) is 23.6. The largest absolute Gasteiger partial charge is 0.416 e. The Labute approximate surface area is 250 Å². The van der Waals surface area contributed by atoms with E-state index in [1.165, 1.54) is 7.05 Å². The van der Waals surface area contributed by atoms with Gasteiger partial charge in [-0.25, -0.2) is 0 Å². The van der Waals surface area contributed by atoms with Crippen LogP contribution in [-0.2, 0) is 23.7 Å². The lowest BCUT2D eigenvalue weighted by Crippen LogP contribution is -2.42. The Bertz CT molecular complexity index is 1470. The summed E-state index contributed by atoms with van der Waals surface area (Å²) in [6.07, 6.45) is -8.68. The number of likely N-dealkylation sites (N-methyl/N-ethyl adjacent to an activating group) is 1. The molecule has 1 heterocycles. The first-order valence-corrected chi connectivity index (χ1v) is 13.7. The van der Waals surface area contributed by atoms with Gasteiger partial charge in [0, 0.05) is 37.2 Å². The number of carbonyl (C=O) groups excluding carboxylic acids is 2. The highest BCUT2D eigenvalue weighted by atomic mass is 19.4. The highest BCUT2D eigenvalue weighted by Crippen LogP contribution is 2.38. The monoisotopic (exact) mass is 613 g/mol. The summed E-state index contributed by atoms with van der Waals surface area (Å²) in [7, 11) is 1.32. The molecule has 2 amide bonds. The molecule has 0 spiro atoms. The van der Waals surface area contributed by atoms with E-state index in [0.29, 0.717) is 17.8 Å². The molecule has 0 aliphatic carbocycles. The van der Waals surface area contributed by atoms with Crippen LogP contribution in [0.2, 0.25) is 0 Å². The molecule has 1 unspecified atom stereocenters. The van der Waals surface area contributed by atoms with Crippen molar-refractivity contribution in [3.8, 4) is 0 Å². The first kappa shape index (κ1) is 32.2. The van der Waals surface area contributed by atoms with Crippen LogP contribution in [0.3, 0.4) is 0 Å². The van der Waals surface area contributed by atoms with Crippen LogP contribution in [0.15, 0.2) is 103 Å². The van der Waals surface area contributed by atoms with Gasteiger partial charge in [0.25, 0.3) is 5.91 Å². The molecule has 5 nitrogen and oxygen atoms in total. The van der Waals surface area contributed by atoms with Crippen LogP contribution in [0, 0.1) is 0 Å². The average molecular weight is 614 g/mol. The van der Waals surface area contributed by atoms with Crippen LogP contribution < -0.4 is 5.32 Å². The quantitative estimate of drug-likeness (QED) is 0.189. The van der Waals surface area contributed by atoms with E-state index < -0.39 is 46.9 Å². The standard InChI is InChI=1S/C33H29F6N3O2/c1-42(31(44)24-18-25(32(34,35)36)20-26(19-24)33(37,38)39)28(15-16-29(43)41-21-27-14-8-9-17-40-27)30(22-10-4-2-5-11-22)23-12-6-3-7-13-23/h2-14,17-20,28,30H,15-16,21H2,1H3,(H,41,43). The molecular formula is C33H29F6N3O2. The SMILES string of the molecule is CN(C(=O)c1cc(C(F)(F)F)cc(C(F)(F)F)c1)C(CCC(=O)NCc1ccccn1)C(c1ccccc1)c1ccccc1. The normalized spacial score (nSPS) is 12.5. The van der Waals surface area contributed by atoms with E-state index in [4.69, 9.17) is 0 Å². The van der Waals surface area contributed by atoms with Crippen LogP contribution in [-0.4, -0.2) is 34.8 Å². The molecule has 0 saturated heterocycles. The van der Waals surface area contributed by atoms with E-state index in [9.17, 15) is 35.9 Å². The van der Waals surface area contributed by atoms with E-state index in [1.54, 1.807) is 60.8 Å². The van der Waals surface area contributed by atoms with Crippen LogP contribution in [0.5, 0.6) is 0 Å². The number of benzene rings is 3. The third kappa shape index (κ3) is 8.24. The molecule has 0 aliphatic heterocycles. The molecule has 0 aliphatic rings. The third-order valence-electron chi connectivity index (χ3n) is 7.21. The van der Waals surface area contributed by atoms with Gasteiger partial charge in [-0.15, -0.1) is 0 Å². The smallest absolute Gasteiger partial charge is 0.350 e. The van der Waals surface area contributed by atoms with Crippen molar-refractivity contribution in [2.75, 3.05) is 7.05 Å². The van der Waals surface area contributed by atoms with Crippen molar-refractivity contribution in [2.45, 2.75) is 43.7 Å². The van der Waals surface area contributed by atoms with Crippen molar-refractivity contribution < 1.29 is 35.9 Å². The van der Waals surface area contributed by atoms with E-state index in [2.05, 4.69) is 10.3 Å². The number of rotatable bonds is 10. The summed E-state index contributed by atoms with van der Waals surface area (Å²) < 4.78 is 81.6. The predicted octanol–water partition coefficient (Wildman–Crippen LogP) is 7.49. The number of pyridine rings is 1. The van der Waals surface area contributed by atoms with E-state index >= 15 is 0 Å². The van der Waals surface area contributed by atoms with Crippen LogP contribution in [0.1, 0.15) is 57.1 Å². The lowest BCUT2D eigenvalue weighted by molar-refractivity contribution is -0.143. The number of nitrogens with one attached hydrogen (secondary N) is 1. The molecule has 230 valence electrons. The lowest BCUT2D eigenvalue weighted by atomic mass is 9.82. The van der Waals surface area contributed by atoms with Crippen molar-refractivity contribution in [1.29, 1.82) is 0 Å². The van der Waals surface area contributed by atoms with Gasteiger partial charge in [0.05, 0.1) is 23.4 Å². The predicted molar refractivity (Wildman–Crippen MR) is 152 cm³/mol. The Morgan fingerprint density at radius 3 is 1.77 bits per heavy atom. The van der Waals surface area contributed by atoms with Crippen LogP contribution >= 0.6 is 0 Å². The number of carbonyl (C=O) groups is 2. The first-order valence-electron chi connectivity index (χ1n) is 13.7. The van der Waals surface area contributed by atoms with Gasteiger partial charge < -0.3 is 10.2 Å². The van der Waals surface area contributed by atoms with E-state index in [0.717, 1.165) is 16.0 Å². The molecule has 1 atom stereocenters. The van der Waals surface area contributed by atoms with Gasteiger partial charge in [0.2, 0.25) is 5.91 Å². The third-order valence-corrected chi connectivity index (χ3v) is 7.21. The number of hydrogen-bond donors (Lipinski definition) is 1. The maximum Gasteiger partial charge on any atom is 0.416 e. The second-order valence-electron chi connectivity index (χ2n) is 10.2. The molecule has 0 saturated carbocycles. The van der Waals surface area contributed by atoms with Crippen molar-refractivity contribution in [1.82, 2.24) is 15.2 Å². The minimum absolute atomic E-state index is 0.0169. The fraction of sp³-hybridized carbons (Fsp3) is 0.242. The number of halogens is 6. The Morgan fingerprint density at radius 2 is 1.30 bits per heavy atom. The Hall–Kier alpha value is -4.67. The van der Waals surface area contributed by atoms with Crippen LogP contribution in [0.25, 0.3) is 0 Å². The minimum atomic E-state index is -5.11. The Balaban J connectivity index is 1.72. The summed E-state index contributed by atoms with van der Waals surface area (Å²) >= 11 is 0. The van der Waals surface area contributed by atoms with Gasteiger partial charge >= 0.3 is 12.4 Å². The van der Waals surface area contributed by atoms with Crippen molar-refractivity contribution in [3.63, 3.8) is 0 Å². The summed E-state index contributed by atoms with van der Waals surface area (Å²) in [6, 6.07) is 23.2. The van der Waals surface area contributed by atoms with Gasteiger partial charge in [-0.2, -0.15) is 26.3 Å². The second-order valence-corrected chi connectivity index (χ2v) is 10.2. The van der Waals surface area contributed by atoms with Gasteiger partial charge in [-0.3, -0.25) is 14.6 Å². The van der Waals surface area contributed by atoms with Gasteiger partial charge in [0.15, 0.2) is 0 Å². The molecule has 0 fully saturated rings. The zero-order chi connectivity index (χ0) is 31.9. The summed E-state index contributed by atoms with van der Waals surface area (Å²) in [4.78, 5) is 31.9. The van der Waals surface area contributed by atoms with Gasteiger partial charge in [-0.05, 0) is 47.9 Å². The molecular weight excluding hydrogens is 584 g/mol. The molecule has 4 rings (SSSR count). The molecule has 0 bridgehead atoms. The summed E-state index contributed by atoms with van der Waals surface area (Å²) in [5, 5.41) is 2.77. The van der Waals surface area contributed by atoms with Crippen LogP contribution in [0.4, 0.5) is 26.3 Å². The van der Waals surface area contributed by atoms with Crippen molar-refractivity contribution in [3.05, 3.63) is 137 Å². The van der Waals surface area contributed by atoms with Gasteiger partial charge in [0.1, 0.15) is 0 Å². The number of aromatic nitrogens is 1. The molecule has 1 N–H and O–H groups in total. The number of alkyl halides is 6. The number of amides is 2. The fourth-order valence-electron chi connectivity index (χ4n) is 5.03. The van der Waals surface area contributed by atoms with Crippen molar-refractivity contribution >= 4 is 11.8 Å². The molecule has 11 heteroatoms. The van der Waals surface area contributed by atoms with Crippen molar-refractivity contribution in [2.24, 2.45) is 0 Å². The molecule has 0 radical (unpaired) electrons. The fourth-order valence-corrected chi connectivity index (χ4v) is 5.03. The highest BCUT2D eigenvalue weighted by molar-refractivity contribution is 5.95. The maximum absolute atomic E-state index is 13.7. The number of nitrogens with zero attached hydrogens (tertiary/aromatic N) is 2. The average Bonchev–Trinajstić information content (AvgIpc) is 3.01. The molecule has 1 aromatic heterocycles. The summed E-state index contributed by atoms with van der Waals surface area (Å²) in [5.41, 5.74) is -1.82.